The van der Waals surface area contributed by atoms with Crippen LogP contribution in [0, 0.1) is 11.3 Å². The highest BCUT2D eigenvalue weighted by Crippen LogP contribution is 2.28. The number of aromatic nitrogens is 5. The van der Waals surface area contributed by atoms with E-state index < -0.39 is 6.04 Å². The lowest BCUT2D eigenvalue weighted by Gasteiger charge is -2.16. The highest BCUT2D eigenvalue weighted by atomic mass is 16.5. The predicted octanol–water partition coefficient (Wildman–Crippen LogP) is 2.64. The summed E-state index contributed by atoms with van der Waals surface area (Å²) < 4.78 is 7.52. The van der Waals surface area contributed by atoms with Crippen molar-refractivity contribution in [1.82, 2.24) is 24.6 Å². The fraction of sp³-hybridized carbons (Fsp3) is 0.105. The van der Waals surface area contributed by atoms with E-state index in [2.05, 4.69) is 25.4 Å². The first kappa shape index (κ1) is 18.0. The van der Waals surface area contributed by atoms with E-state index in [1.165, 1.54) is 12.4 Å². The van der Waals surface area contributed by atoms with E-state index >= 15 is 0 Å². The molecular formula is C19H16N8O2. The third-order valence-corrected chi connectivity index (χ3v) is 4.13. The summed E-state index contributed by atoms with van der Waals surface area (Å²) in [6, 6.07) is 11.6. The number of fused-ring (bicyclic) bond motifs is 1. The Morgan fingerprint density at radius 3 is 2.93 bits per heavy atom. The Labute approximate surface area is 165 Å². The number of nitrogens with one attached hydrogen (secondary N) is 1. The summed E-state index contributed by atoms with van der Waals surface area (Å²) in [6.45, 7) is 1.82. The summed E-state index contributed by atoms with van der Waals surface area (Å²) in [7, 11) is 0. The van der Waals surface area contributed by atoms with Crippen LogP contribution in [0.5, 0.6) is 17.4 Å². The summed E-state index contributed by atoms with van der Waals surface area (Å²) in [5.74, 6) is 1.63. The third-order valence-electron chi connectivity index (χ3n) is 4.13. The molecule has 0 aliphatic heterocycles. The molecule has 10 heteroatoms. The number of anilines is 2. The Morgan fingerprint density at radius 1 is 1.28 bits per heavy atom. The number of phenolic OH excluding ortho intramolecular Hbond substituents is 1. The van der Waals surface area contributed by atoms with Crippen LogP contribution in [-0.2, 0) is 0 Å². The number of nitrogens with two attached hydrogens (primary N) is 1. The Balaban J connectivity index is 1.69. The Bertz CT molecular complexity index is 1230. The van der Waals surface area contributed by atoms with E-state index in [1.807, 2.05) is 25.1 Å². The molecule has 144 valence electrons. The van der Waals surface area contributed by atoms with Gasteiger partial charge in [0.05, 0.1) is 6.04 Å². The van der Waals surface area contributed by atoms with Gasteiger partial charge in [-0.25, -0.2) is 14.5 Å². The number of ether oxygens (including phenoxy) is 1. The zero-order valence-electron chi connectivity index (χ0n) is 15.3. The molecule has 0 aliphatic carbocycles. The number of nitrogens with zero attached hydrogens (tertiary/aromatic N) is 6. The van der Waals surface area contributed by atoms with Gasteiger partial charge in [0.1, 0.15) is 46.6 Å². The average Bonchev–Trinajstić information content (AvgIpc) is 3.17. The number of benzene rings is 1. The van der Waals surface area contributed by atoms with E-state index in [0.717, 1.165) is 0 Å². The number of nitriles is 1. The van der Waals surface area contributed by atoms with Crippen LogP contribution in [0.4, 0.5) is 11.6 Å². The topological polar surface area (TPSA) is 147 Å². The standard InChI is InChI=1S/C19H16N8O2/c1-11(24-18-14(9-20)16(21)22-10-23-18)17-25-19(15-6-3-7-27(15)26-17)29-13-5-2-4-12(28)8-13/h2-8,10-11,28H,1H3,(H3,21,22,23,24)/t11-/m0/s1. The van der Waals surface area contributed by atoms with E-state index in [0.29, 0.717) is 28.8 Å². The maximum absolute atomic E-state index is 9.67. The molecule has 0 saturated carbocycles. The highest BCUT2D eigenvalue weighted by molar-refractivity contribution is 5.62. The quantitative estimate of drug-likeness (QED) is 0.469. The van der Waals surface area contributed by atoms with Gasteiger partial charge in [0.25, 0.3) is 0 Å². The van der Waals surface area contributed by atoms with Crippen molar-refractivity contribution in [3.8, 4) is 23.4 Å². The van der Waals surface area contributed by atoms with Crippen molar-refractivity contribution in [2.24, 2.45) is 0 Å². The third kappa shape index (κ3) is 3.57. The predicted molar refractivity (Wildman–Crippen MR) is 104 cm³/mol. The van der Waals surface area contributed by atoms with Crippen molar-refractivity contribution in [3.05, 3.63) is 60.3 Å². The van der Waals surface area contributed by atoms with E-state index in [1.54, 1.807) is 28.9 Å². The normalized spacial score (nSPS) is 11.7. The van der Waals surface area contributed by atoms with E-state index in [9.17, 15) is 10.4 Å². The number of aromatic hydroxyl groups is 1. The maximum Gasteiger partial charge on any atom is 0.247 e. The van der Waals surface area contributed by atoms with Crippen molar-refractivity contribution in [1.29, 1.82) is 5.26 Å². The molecule has 10 nitrogen and oxygen atoms in total. The number of hydrogen-bond donors (Lipinski definition) is 3. The molecule has 3 heterocycles. The Morgan fingerprint density at radius 2 is 2.14 bits per heavy atom. The lowest BCUT2D eigenvalue weighted by atomic mass is 10.2. The molecule has 0 amide bonds. The molecule has 0 saturated heterocycles. The lowest BCUT2D eigenvalue weighted by molar-refractivity contribution is 0.442. The smallest absolute Gasteiger partial charge is 0.247 e. The first-order valence-corrected chi connectivity index (χ1v) is 8.64. The second kappa shape index (κ2) is 7.32. The molecule has 0 fully saturated rings. The van der Waals surface area contributed by atoms with Gasteiger partial charge < -0.3 is 20.9 Å². The second-order valence-electron chi connectivity index (χ2n) is 6.17. The highest BCUT2D eigenvalue weighted by Gasteiger charge is 2.18. The molecule has 4 aromatic rings. The van der Waals surface area contributed by atoms with Crippen LogP contribution in [0.1, 0.15) is 24.4 Å². The van der Waals surface area contributed by atoms with Crippen molar-refractivity contribution in [2.75, 3.05) is 11.1 Å². The summed E-state index contributed by atoms with van der Waals surface area (Å²) in [5, 5.41) is 26.5. The van der Waals surface area contributed by atoms with Gasteiger partial charge >= 0.3 is 0 Å². The molecule has 1 aromatic carbocycles. The van der Waals surface area contributed by atoms with Crippen molar-refractivity contribution >= 4 is 17.2 Å². The van der Waals surface area contributed by atoms with Crippen LogP contribution in [-0.4, -0.2) is 29.7 Å². The summed E-state index contributed by atoms with van der Waals surface area (Å²) in [6.07, 6.45) is 3.05. The van der Waals surface area contributed by atoms with Gasteiger partial charge in [-0.3, -0.25) is 0 Å². The number of phenols is 1. The molecule has 0 unspecified atom stereocenters. The molecule has 0 spiro atoms. The zero-order valence-corrected chi connectivity index (χ0v) is 15.3. The van der Waals surface area contributed by atoms with Gasteiger partial charge in [0, 0.05) is 12.3 Å². The Kier molecular flexibility index (Phi) is 4.54. The zero-order chi connectivity index (χ0) is 20.4. The molecule has 29 heavy (non-hydrogen) atoms. The van der Waals surface area contributed by atoms with Gasteiger partial charge in [-0.15, -0.1) is 0 Å². The molecular weight excluding hydrogens is 372 g/mol. The monoisotopic (exact) mass is 388 g/mol. The fourth-order valence-electron chi connectivity index (χ4n) is 2.73. The minimum absolute atomic E-state index is 0.0867. The Hall–Kier alpha value is -4.39. The number of nitrogen functional groups attached to an aromatic ring is 1. The van der Waals surface area contributed by atoms with Gasteiger partial charge in [0.2, 0.25) is 5.88 Å². The minimum Gasteiger partial charge on any atom is -0.508 e. The van der Waals surface area contributed by atoms with E-state index in [-0.39, 0.29) is 17.1 Å². The molecule has 3 aromatic heterocycles. The summed E-state index contributed by atoms with van der Waals surface area (Å²) >= 11 is 0. The minimum atomic E-state index is -0.422. The van der Waals surface area contributed by atoms with Crippen LogP contribution in [0.25, 0.3) is 5.52 Å². The number of rotatable bonds is 5. The molecule has 4 rings (SSSR count). The summed E-state index contributed by atoms with van der Waals surface area (Å²) in [4.78, 5) is 12.4. The van der Waals surface area contributed by atoms with E-state index in [4.69, 9.17) is 10.5 Å². The van der Waals surface area contributed by atoms with Gasteiger partial charge in [-0.05, 0) is 31.2 Å². The largest absolute Gasteiger partial charge is 0.508 e. The van der Waals surface area contributed by atoms with Gasteiger partial charge in [0.15, 0.2) is 5.82 Å². The molecule has 0 bridgehead atoms. The molecule has 0 radical (unpaired) electrons. The van der Waals surface area contributed by atoms with Crippen LogP contribution in [0.15, 0.2) is 48.9 Å². The lowest BCUT2D eigenvalue weighted by Crippen LogP contribution is -2.15. The van der Waals surface area contributed by atoms with Gasteiger partial charge in [-0.1, -0.05) is 6.07 Å². The van der Waals surface area contributed by atoms with Gasteiger partial charge in [-0.2, -0.15) is 15.3 Å². The first-order valence-electron chi connectivity index (χ1n) is 8.64. The van der Waals surface area contributed by atoms with Crippen LogP contribution in [0.3, 0.4) is 0 Å². The SMILES string of the molecule is C[C@H](Nc1ncnc(N)c1C#N)c1nc(Oc2cccc(O)c2)c2cccn2n1. The van der Waals surface area contributed by atoms with Crippen molar-refractivity contribution < 1.29 is 9.84 Å². The van der Waals surface area contributed by atoms with Crippen molar-refractivity contribution in [3.63, 3.8) is 0 Å². The molecule has 0 aliphatic rings. The summed E-state index contributed by atoms with van der Waals surface area (Å²) in [5.41, 5.74) is 6.55. The average molecular weight is 388 g/mol. The van der Waals surface area contributed by atoms with Crippen LogP contribution in [0.2, 0.25) is 0 Å². The maximum atomic E-state index is 9.67. The second-order valence-corrected chi connectivity index (χ2v) is 6.17. The fourth-order valence-corrected chi connectivity index (χ4v) is 2.73. The van der Waals surface area contributed by atoms with Crippen LogP contribution < -0.4 is 15.8 Å². The van der Waals surface area contributed by atoms with Crippen LogP contribution >= 0.6 is 0 Å². The number of hydrogen-bond acceptors (Lipinski definition) is 9. The first-order chi connectivity index (χ1) is 14.0. The molecule has 4 N–H and O–H groups in total. The van der Waals surface area contributed by atoms with Crippen molar-refractivity contribution in [2.45, 2.75) is 13.0 Å². The molecule has 1 atom stereocenters.